The summed E-state index contributed by atoms with van der Waals surface area (Å²) in [5, 5.41) is 12.7. The van der Waals surface area contributed by atoms with Crippen molar-refractivity contribution in [2.45, 2.75) is 50.0 Å². The van der Waals surface area contributed by atoms with E-state index in [-0.39, 0.29) is 5.92 Å². The molecule has 0 heterocycles. The molecule has 3 rings (SSSR count). The monoisotopic (exact) mass is 351 g/mol. The molecule has 1 aromatic carbocycles. The average Bonchev–Trinajstić information content (AvgIpc) is 3.27. The number of benzene rings is 1. The smallest absolute Gasteiger partial charge is 0.306 e. The van der Waals surface area contributed by atoms with Crippen LogP contribution in [0.2, 0.25) is 0 Å². The Morgan fingerprint density at radius 2 is 1.90 bits per heavy atom. The van der Waals surface area contributed by atoms with Crippen LogP contribution in [0.15, 0.2) is 28.7 Å². The fourth-order valence-corrected chi connectivity index (χ4v) is 4.17. The van der Waals surface area contributed by atoms with E-state index in [0.717, 1.165) is 32.2 Å². The van der Waals surface area contributed by atoms with Crippen molar-refractivity contribution in [1.29, 1.82) is 0 Å². The number of carbonyl (C=O) groups is 1. The molecule has 0 amide bonds. The summed E-state index contributed by atoms with van der Waals surface area (Å²) in [5.41, 5.74) is 1.71. The van der Waals surface area contributed by atoms with Crippen LogP contribution in [-0.4, -0.2) is 23.7 Å². The fraction of sp³-hybridized carbons (Fsp3) is 0.588. The maximum absolute atomic E-state index is 11.0. The van der Waals surface area contributed by atoms with Crippen molar-refractivity contribution in [3.63, 3.8) is 0 Å². The van der Waals surface area contributed by atoms with Gasteiger partial charge in [0.1, 0.15) is 0 Å². The fourth-order valence-electron chi connectivity index (χ4n) is 3.47. The molecular formula is C17H22BrNO2. The Kier molecular flexibility index (Phi) is 4.36. The normalized spacial score (nSPS) is 27.3. The quantitative estimate of drug-likeness (QED) is 0.849. The van der Waals surface area contributed by atoms with Gasteiger partial charge in [-0.15, -0.1) is 0 Å². The van der Waals surface area contributed by atoms with Gasteiger partial charge in [-0.25, -0.2) is 0 Å². The van der Waals surface area contributed by atoms with Crippen molar-refractivity contribution < 1.29 is 9.90 Å². The number of nitrogens with one attached hydrogen (secondary N) is 1. The summed E-state index contributed by atoms with van der Waals surface area (Å²) in [7, 11) is 0. The molecular weight excluding hydrogens is 330 g/mol. The number of aliphatic carboxylic acids is 1. The largest absolute Gasteiger partial charge is 0.481 e. The van der Waals surface area contributed by atoms with Crippen LogP contribution in [0.25, 0.3) is 0 Å². The topological polar surface area (TPSA) is 49.3 Å². The van der Waals surface area contributed by atoms with E-state index in [2.05, 4.69) is 45.5 Å². The third-order valence-electron chi connectivity index (χ3n) is 5.10. The van der Waals surface area contributed by atoms with E-state index in [1.807, 2.05) is 0 Å². The highest BCUT2D eigenvalue weighted by Crippen LogP contribution is 2.50. The van der Waals surface area contributed by atoms with Gasteiger partial charge in [0, 0.05) is 22.5 Å². The van der Waals surface area contributed by atoms with E-state index >= 15 is 0 Å². The van der Waals surface area contributed by atoms with Crippen LogP contribution >= 0.6 is 15.9 Å². The SMILES string of the molecule is O=C(O)C1CCC(NCC2(c3ccccc3Br)CC2)CC1. The molecule has 0 spiro atoms. The van der Waals surface area contributed by atoms with E-state index in [0.29, 0.717) is 11.5 Å². The lowest BCUT2D eigenvalue weighted by Crippen LogP contribution is -2.39. The molecule has 0 unspecified atom stereocenters. The Hall–Kier alpha value is -0.870. The van der Waals surface area contributed by atoms with Gasteiger partial charge in [0.25, 0.3) is 0 Å². The predicted octanol–water partition coefficient (Wildman–Crippen LogP) is 3.71. The van der Waals surface area contributed by atoms with Gasteiger partial charge in [-0.2, -0.15) is 0 Å². The first kappa shape index (κ1) is 15.0. The maximum atomic E-state index is 11.0. The molecule has 114 valence electrons. The molecule has 1 aromatic rings. The maximum Gasteiger partial charge on any atom is 0.306 e. The molecule has 2 fully saturated rings. The average molecular weight is 352 g/mol. The second-order valence-corrected chi connectivity index (χ2v) is 7.38. The first-order valence-corrected chi connectivity index (χ1v) is 8.61. The molecule has 0 aromatic heterocycles. The summed E-state index contributed by atoms with van der Waals surface area (Å²) in [6.07, 6.45) is 6.09. The summed E-state index contributed by atoms with van der Waals surface area (Å²) in [4.78, 5) is 11.0. The van der Waals surface area contributed by atoms with Gasteiger partial charge in [0.05, 0.1) is 5.92 Å². The van der Waals surface area contributed by atoms with Crippen LogP contribution in [0, 0.1) is 5.92 Å². The Morgan fingerprint density at radius 1 is 1.24 bits per heavy atom. The van der Waals surface area contributed by atoms with Crippen LogP contribution < -0.4 is 5.32 Å². The second kappa shape index (κ2) is 6.09. The number of carboxylic acid groups (broad SMARTS) is 1. The Balaban J connectivity index is 1.54. The van der Waals surface area contributed by atoms with E-state index in [1.165, 1.54) is 22.9 Å². The first-order valence-electron chi connectivity index (χ1n) is 7.82. The zero-order valence-corrected chi connectivity index (χ0v) is 13.7. The minimum absolute atomic E-state index is 0.124. The van der Waals surface area contributed by atoms with Crippen LogP contribution in [-0.2, 0) is 10.2 Å². The minimum atomic E-state index is -0.625. The van der Waals surface area contributed by atoms with E-state index in [1.54, 1.807) is 0 Å². The third-order valence-corrected chi connectivity index (χ3v) is 5.80. The van der Waals surface area contributed by atoms with E-state index in [9.17, 15) is 4.79 Å². The molecule has 2 aliphatic carbocycles. The molecule has 0 bridgehead atoms. The third kappa shape index (κ3) is 3.32. The number of carboxylic acids is 1. The van der Waals surface area contributed by atoms with Crippen LogP contribution in [0.5, 0.6) is 0 Å². The van der Waals surface area contributed by atoms with Crippen molar-refractivity contribution in [3.8, 4) is 0 Å². The summed E-state index contributed by atoms with van der Waals surface area (Å²) in [6.45, 7) is 1.01. The molecule has 0 atom stereocenters. The van der Waals surface area contributed by atoms with Gasteiger partial charge in [-0.3, -0.25) is 4.79 Å². The summed E-state index contributed by atoms with van der Waals surface area (Å²) in [6, 6.07) is 9.00. The molecule has 3 nitrogen and oxygen atoms in total. The van der Waals surface area contributed by atoms with Gasteiger partial charge in [-0.05, 0) is 50.2 Å². The Labute approximate surface area is 134 Å². The summed E-state index contributed by atoms with van der Waals surface area (Å²) >= 11 is 3.67. The molecule has 4 heteroatoms. The minimum Gasteiger partial charge on any atom is -0.481 e. The van der Waals surface area contributed by atoms with Crippen LogP contribution in [0.3, 0.4) is 0 Å². The first-order chi connectivity index (χ1) is 10.1. The summed E-state index contributed by atoms with van der Waals surface area (Å²) < 4.78 is 1.21. The lowest BCUT2D eigenvalue weighted by Gasteiger charge is -2.29. The van der Waals surface area contributed by atoms with Gasteiger partial charge in [0.15, 0.2) is 0 Å². The van der Waals surface area contributed by atoms with Crippen molar-refractivity contribution in [2.24, 2.45) is 5.92 Å². The molecule has 2 aliphatic rings. The van der Waals surface area contributed by atoms with Crippen molar-refractivity contribution in [3.05, 3.63) is 34.3 Å². The van der Waals surface area contributed by atoms with E-state index < -0.39 is 5.97 Å². The van der Waals surface area contributed by atoms with Crippen LogP contribution in [0.1, 0.15) is 44.1 Å². The van der Waals surface area contributed by atoms with Gasteiger partial charge in [-0.1, -0.05) is 34.1 Å². The lowest BCUT2D eigenvalue weighted by molar-refractivity contribution is -0.142. The van der Waals surface area contributed by atoms with Gasteiger partial charge < -0.3 is 10.4 Å². The van der Waals surface area contributed by atoms with Crippen molar-refractivity contribution in [1.82, 2.24) is 5.32 Å². The molecule has 0 saturated heterocycles. The predicted molar refractivity (Wildman–Crippen MR) is 86.4 cm³/mol. The van der Waals surface area contributed by atoms with Gasteiger partial charge >= 0.3 is 5.97 Å². The number of hydrogen-bond donors (Lipinski definition) is 2. The zero-order chi connectivity index (χ0) is 14.9. The molecule has 2 N–H and O–H groups in total. The molecule has 21 heavy (non-hydrogen) atoms. The van der Waals surface area contributed by atoms with Crippen LogP contribution in [0.4, 0.5) is 0 Å². The molecule has 0 radical (unpaired) electrons. The highest BCUT2D eigenvalue weighted by molar-refractivity contribution is 9.10. The zero-order valence-electron chi connectivity index (χ0n) is 12.1. The highest BCUT2D eigenvalue weighted by atomic mass is 79.9. The van der Waals surface area contributed by atoms with Crippen molar-refractivity contribution >= 4 is 21.9 Å². The highest BCUT2D eigenvalue weighted by Gasteiger charge is 2.45. The van der Waals surface area contributed by atoms with Gasteiger partial charge in [0.2, 0.25) is 0 Å². The lowest BCUT2D eigenvalue weighted by atomic mass is 9.85. The Morgan fingerprint density at radius 3 is 2.48 bits per heavy atom. The standard InChI is InChI=1S/C17H22BrNO2/c18-15-4-2-1-3-14(15)17(9-10-17)11-19-13-7-5-12(6-8-13)16(20)21/h1-4,12-13,19H,5-11H2,(H,20,21). The molecule has 0 aliphatic heterocycles. The number of rotatable bonds is 5. The molecule has 2 saturated carbocycles. The Bertz CT molecular complexity index is 519. The van der Waals surface area contributed by atoms with E-state index in [4.69, 9.17) is 5.11 Å². The summed E-state index contributed by atoms with van der Waals surface area (Å²) in [5.74, 6) is -0.749. The number of hydrogen-bond acceptors (Lipinski definition) is 2. The van der Waals surface area contributed by atoms with Crippen molar-refractivity contribution in [2.75, 3.05) is 6.54 Å². The number of halogens is 1. The second-order valence-electron chi connectivity index (χ2n) is 6.53.